The molecule has 0 radical (unpaired) electrons. The predicted octanol–water partition coefficient (Wildman–Crippen LogP) is 2.83. The van der Waals surface area contributed by atoms with Crippen LogP contribution in [0.3, 0.4) is 0 Å². The van der Waals surface area contributed by atoms with Crippen molar-refractivity contribution in [2.24, 2.45) is 0 Å². The molecule has 1 amide bonds. The quantitative estimate of drug-likeness (QED) is 0.769. The minimum atomic E-state index is -0.198. The zero-order chi connectivity index (χ0) is 14.3. The first-order chi connectivity index (χ1) is 9.12. The molecular formula is C13H17BrClNO3. The van der Waals surface area contributed by atoms with Gasteiger partial charge in [-0.3, -0.25) is 4.79 Å². The number of hydrogen-bond acceptors (Lipinski definition) is 3. The first-order valence-electron chi connectivity index (χ1n) is 5.81. The molecule has 19 heavy (non-hydrogen) atoms. The number of alkyl halides is 1. The van der Waals surface area contributed by atoms with Crippen molar-refractivity contribution in [3.63, 3.8) is 0 Å². The van der Waals surface area contributed by atoms with Crippen LogP contribution < -0.4 is 10.1 Å². The van der Waals surface area contributed by atoms with E-state index in [0.29, 0.717) is 30.2 Å². The van der Waals surface area contributed by atoms with Gasteiger partial charge in [0.25, 0.3) is 5.91 Å². The highest BCUT2D eigenvalue weighted by Crippen LogP contribution is 2.23. The van der Waals surface area contributed by atoms with Crippen LogP contribution in [0.15, 0.2) is 22.7 Å². The average molecular weight is 351 g/mol. The van der Waals surface area contributed by atoms with Crippen LogP contribution in [-0.4, -0.2) is 38.7 Å². The predicted molar refractivity (Wildman–Crippen MR) is 79.2 cm³/mol. The molecule has 0 heterocycles. The molecule has 4 nitrogen and oxygen atoms in total. The Hall–Kier alpha value is -0.780. The lowest BCUT2D eigenvalue weighted by molar-refractivity contribution is 0.0892. The van der Waals surface area contributed by atoms with Gasteiger partial charge in [0.05, 0.1) is 25.3 Å². The van der Waals surface area contributed by atoms with E-state index in [9.17, 15) is 4.79 Å². The number of halogens is 2. The Labute approximate surface area is 126 Å². The lowest BCUT2D eigenvalue weighted by Gasteiger charge is -2.17. The molecule has 0 fully saturated rings. The van der Waals surface area contributed by atoms with Crippen LogP contribution in [0.5, 0.6) is 5.75 Å². The van der Waals surface area contributed by atoms with Crippen molar-refractivity contribution in [2.75, 3.05) is 26.7 Å². The SMILES string of the molecule is COCC(CCCl)NC(=O)c1ccc(Br)cc1OC. The van der Waals surface area contributed by atoms with Gasteiger partial charge in [-0.1, -0.05) is 15.9 Å². The Morgan fingerprint density at radius 3 is 2.79 bits per heavy atom. The van der Waals surface area contributed by atoms with Crippen LogP contribution in [0, 0.1) is 0 Å². The first kappa shape index (κ1) is 16.3. The molecule has 0 bridgehead atoms. The van der Waals surface area contributed by atoms with Gasteiger partial charge < -0.3 is 14.8 Å². The highest BCUT2D eigenvalue weighted by molar-refractivity contribution is 9.10. The number of carbonyl (C=O) groups is 1. The molecule has 1 atom stereocenters. The van der Waals surface area contributed by atoms with Crippen LogP contribution in [0.4, 0.5) is 0 Å². The fourth-order valence-corrected chi connectivity index (χ4v) is 2.25. The molecule has 0 aliphatic carbocycles. The van der Waals surface area contributed by atoms with Gasteiger partial charge in [0.2, 0.25) is 0 Å². The van der Waals surface area contributed by atoms with E-state index in [1.807, 2.05) is 0 Å². The second-order valence-corrected chi connectivity index (χ2v) is 5.24. The van der Waals surface area contributed by atoms with Crippen molar-refractivity contribution in [3.05, 3.63) is 28.2 Å². The number of benzene rings is 1. The molecule has 1 unspecified atom stereocenters. The molecule has 0 saturated heterocycles. The lowest BCUT2D eigenvalue weighted by Crippen LogP contribution is -2.38. The van der Waals surface area contributed by atoms with E-state index in [2.05, 4.69) is 21.2 Å². The van der Waals surface area contributed by atoms with Crippen LogP contribution in [-0.2, 0) is 4.74 Å². The molecule has 6 heteroatoms. The molecule has 1 aromatic rings. The summed E-state index contributed by atoms with van der Waals surface area (Å²) in [6.45, 7) is 0.428. The van der Waals surface area contributed by atoms with E-state index in [4.69, 9.17) is 21.1 Å². The Bertz CT molecular complexity index is 422. The van der Waals surface area contributed by atoms with Crippen LogP contribution in [0.2, 0.25) is 0 Å². The lowest BCUT2D eigenvalue weighted by atomic mass is 10.1. The highest BCUT2D eigenvalue weighted by atomic mass is 79.9. The number of amides is 1. The monoisotopic (exact) mass is 349 g/mol. The molecule has 106 valence electrons. The Balaban J connectivity index is 2.81. The smallest absolute Gasteiger partial charge is 0.255 e. The number of hydrogen-bond donors (Lipinski definition) is 1. The summed E-state index contributed by atoms with van der Waals surface area (Å²) in [5.74, 6) is 0.789. The minimum absolute atomic E-state index is 0.108. The number of methoxy groups -OCH3 is 2. The molecular weight excluding hydrogens is 334 g/mol. The second kappa shape index (κ2) is 8.40. The van der Waals surface area contributed by atoms with E-state index in [1.54, 1.807) is 25.3 Å². The van der Waals surface area contributed by atoms with Crippen molar-refractivity contribution in [2.45, 2.75) is 12.5 Å². The minimum Gasteiger partial charge on any atom is -0.496 e. The van der Waals surface area contributed by atoms with Crippen molar-refractivity contribution in [3.8, 4) is 5.75 Å². The fraction of sp³-hybridized carbons (Fsp3) is 0.462. The molecule has 0 saturated carbocycles. The largest absolute Gasteiger partial charge is 0.496 e. The molecule has 0 aliphatic heterocycles. The van der Waals surface area contributed by atoms with Gasteiger partial charge in [0.1, 0.15) is 5.75 Å². The van der Waals surface area contributed by atoms with Gasteiger partial charge in [-0.05, 0) is 24.6 Å². The van der Waals surface area contributed by atoms with Crippen LogP contribution in [0.25, 0.3) is 0 Å². The molecule has 1 N–H and O–H groups in total. The van der Waals surface area contributed by atoms with Crippen LogP contribution in [0.1, 0.15) is 16.8 Å². The zero-order valence-electron chi connectivity index (χ0n) is 10.9. The third-order valence-corrected chi connectivity index (χ3v) is 3.28. The molecule has 0 aromatic heterocycles. The Morgan fingerprint density at radius 2 is 2.21 bits per heavy atom. The van der Waals surface area contributed by atoms with Gasteiger partial charge in [0, 0.05) is 17.5 Å². The standard InChI is InChI=1S/C13H17BrClNO3/c1-18-8-10(5-6-15)16-13(17)11-4-3-9(14)7-12(11)19-2/h3-4,7,10H,5-6,8H2,1-2H3,(H,16,17). The van der Waals surface area contributed by atoms with Gasteiger partial charge in [-0.2, -0.15) is 0 Å². The number of ether oxygens (including phenoxy) is 2. The van der Waals surface area contributed by atoms with Gasteiger partial charge in [-0.15, -0.1) is 11.6 Å². The van der Waals surface area contributed by atoms with Gasteiger partial charge in [0.15, 0.2) is 0 Å². The van der Waals surface area contributed by atoms with Gasteiger partial charge >= 0.3 is 0 Å². The molecule has 0 spiro atoms. The molecule has 1 aromatic carbocycles. The second-order valence-electron chi connectivity index (χ2n) is 3.95. The summed E-state index contributed by atoms with van der Waals surface area (Å²) >= 11 is 9.04. The van der Waals surface area contributed by atoms with Crippen molar-refractivity contribution in [1.29, 1.82) is 0 Å². The van der Waals surface area contributed by atoms with Crippen molar-refractivity contribution >= 4 is 33.4 Å². The summed E-state index contributed by atoms with van der Waals surface area (Å²) in [6.07, 6.45) is 0.653. The summed E-state index contributed by atoms with van der Waals surface area (Å²) in [6, 6.07) is 5.15. The first-order valence-corrected chi connectivity index (χ1v) is 7.14. The van der Waals surface area contributed by atoms with E-state index >= 15 is 0 Å². The average Bonchev–Trinajstić information content (AvgIpc) is 2.38. The van der Waals surface area contributed by atoms with Crippen molar-refractivity contribution in [1.82, 2.24) is 5.32 Å². The summed E-state index contributed by atoms with van der Waals surface area (Å²) in [5.41, 5.74) is 0.487. The molecule has 1 rings (SSSR count). The van der Waals surface area contributed by atoms with Crippen LogP contribution >= 0.6 is 27.5 Å². The Kier molecular flexibility index (Phi) is 7.20. The Morgan fingerprint density at radius 1 is 1.47 bits per heavy atom. The topological polar surface area (TPSA) is 47.6 Å². The maximum Gasteiger partial charge on any atom is 0.255 e. The maximum absolute atomic E-state index is 12.2. The fourth-order valence-electron chi connectivity index (χ4n) is 1.65. The third-order valence-electron chi connectivity index (χ3n) is 2.57. The summed E-state index contributed by atoms with van der Waals surface area (Å²) in [5, 5.41) is 2.89. The highest BCUT2D eigenvalue weighted by Gasteiger charge is 2.16. The summed E-state index contributed by atoms with van der Waals surface area (Å²) in [4.78, 5) is 12.2. The maximum atomic E-state index is 12.2. The van der Waals surface area contributed by atoms with E-state index in [1.165, 1.54) is 7.11 Å². The van der Waals surface area contributed by atoms with Gasteiger partial charge in [-0.25, -0.2) is 0 Å². The van der Waals surface area contributed by atoms with Crippen molar-refractivity contribution < 1.29 is 14.3 Å². The normalized spacial score (nSPS) is 12.0. The number of rotatable bonds is 7. The third kappa shape index (κ3) is 5.01. The summed E-state index contributed by atoms with van der Waals surface area (Å²) in [7, 11) is 3.12. The van der Waals surface area contributed by atoms with E-state index in [0.717, 1.165) is 4.47 Å². The molecule has 0 aliphatic rings. The van der Waals surface area contributed by atoms with E-state index in [-0.39, 0.29) is 11.9 Å². The number of carbonyl (C=O) groups excluding carboxylic acids is 1. The number of nitrogens with one attached hydrogen (secondary N) is 1. The zero-order valence-corrected chi connectivity index (χ0v) is 13.3. The van der Waals surface area contributed by atoms with E-state index < -0.39 is 0 Å². The summed E-state index contributed by atoms with van der Waals surface area (Å²) < 4.78 is 11.1.